The summed E-state index contributed by atoms with van der Waals surface area (Å²) >= 11 is 0. The van der Waals surface area contributed by atoms with Crippen LogP contribution in [-0.4, -0.2) is 34.6 Å². The Bertz CT molecular complexity index is 836. The second-order valence-corrected chi connectivity index (χ2v) is 4.80. The summed E-state index contributed by atoms with van der Waals surface area (Å²) in [4.78, 5) is 4.33. The number of nitrogens with one attached hydrogen (secondary N) is 2. The molecule has 0 unspecified atom stereocenters. The van der Waals surface area contributed by atoms with Gasteiger partial charge in [0.2, 0.25) is 5.95 Å². The quantitative estimate of drug-likeness (QED) is 0.706. The van der Waals surface area contributed by atoms with Crippen molar-refractivity contribution in [3.8, 4) is 11.5 Å². The second-order valence-electron chi connectivity index (χ2n) is 4.80. The number of aryl methyl sites for hydroxylation is 1. The molecule has 0 atom stereocenters. The lowest BCUT2D eigenvalue weighted by molar-refractivity contribution is 0.400. The summed E-state index contributed by atoms with van der Waals surface area (Å²) in [5, 5.41) is 17.8. The maximum Gasteiger partial charge on any atom is 0.249 e. The summed E-state index contributed by atoms with van der Waals surface area (Å²) < 4.78 is 15.5. The molecule has 1 aromatic carbocycles. The molecule has 124 valence electrons. The van der Waals surface area contributed by atoms with E-state index in [-0.39, 0.29) is 0 Å². The molecule has 9 nitrogen and oxygen atoms in total. The van der Waals surface area contributed by atoms with Crippen LogP contribution in [0.25, 0.3) is 0 Å². The lowest BCUT2D eigenvalue weighted by Crippen LogP contribution is -2.03. The Morgan fingerprint density at radius 2 is 1.92 bits per heavy atom. The van der Waals surface area contributed by atoms with Gasteiger partial charge in [-0.15, -0.1) is 5.10 Å². The summed E-state index contributed by atoms with van der Waals surface area (Å²) in [6.45, 7) is 1.80. The zero-order valence-electron chi connectivity index (χ0n) is 13.4. The molecule has 0 saturated heterocycles. The van der Waals surface area contributed by atoms with Crippen LogP contribution < -0.4 is 20.1 Å². The molecule has 3 rings (SSSR count). The van der Waals surface area contributed by atoms with Crippen LogP contribution in [0.4, 0.5) is 23.3 Å². The van der Waals surface area contributed by atoms with Crippen LogP contribution in [0.3, 0.4) is 0 Å². The lowest BCUT2D eigenvalue weighted by Gasteiger charge is -2.11. The van der Waals surface area contributed by atoms with Gasteiger partial charge >= 0.3 is 0 Å². The van der Waals surface area contributed by atoms with E-state index in [1.54, 1.807) is 45.4 Å². The average Bonchev–Trinajstić information content (AvgIpc) is 3.00. The zero-order chi connectivity index (χ0) is 16.9. The number of anilines is 4. The number of methoxy groups -OCH3 is 2. The van der Waals surface area contributed by atoms with Crippen molar-refractivity contribution in [2.45, 2.75) is 6.92 Å². The summed E-state index contributed by atoms with van der Waals surface area (Å²) in [6, 6.07) is 7.12. The van der Waals surface area contributed by atoms with Gasteiger partial charge < -0.3 is 24.6 Å². The van der Waals surface area contributed by atoms with Gasteiger partial charge in [0.05, 0.1) is 26.1 Å². The first kappa shape index (κ1) is 15.5. The first-order valence-corrected chi connectivity index (χ1v) is 7.07. The number of hydrogen-bond donors (Lipinski definition) is 2. The molecule has 0 aliphatic carbocycles. The van der Waals surface area contributed by atoms with Gasteiger partial charge in [-0.3, -0.25) is 0 Å². The van der Waals surface area contributed by atoms with Crippen molar-refractivity contribution in [1.29, 1.82) is 0 Å². The van der Waals surface area contributed by atoms with E-state index in [2.05, 4.69) is 31.0 Å². The van der Waals surface area contributed by atoms with Crippen molar-refractivity contribution in [2.75, 3.05) is 24.9 Å². The molecule has 2 aromatic heterocycles. The van der Waals surface area contributed by atoms with Gasteiger partial charge in [-0.05, 0) is 19.1 Å². The maximum atomic E-state index is 5.31. The molecule has 9 heteroatoms. The Balaban J connectivity index is 1.82. The Hall–Kier alpha value is -3.36. The van der Waals surface area contributed by atoms with Crippen molar-refractivity contribution in [1.82, 2.24) is 20.3 Å². The molecule has 2 heterocycles. The predicted molar refractivity (Wildman–Crippen MR) is 87.2 cm³/mol. The normalized spacial score (nSPS) is 10.3. The fourth-order valence-electron chi connectivity index (χ4n) is 2.01. The van der Waals surface area contributed by atoms with Crippen LogP contribution in [0.2, 0.25) is 0 Å². The SMILES string of the molecule is COc1ccc(OC)c(Nc2nncc(Nc3cc(C)on3)n2)c1. The van der Waals surface area contributed by atoms with Gasteiger partial charge in [0.25, 0.3) is 0 Å². The summed E-state index contributed by atoms with van der Waals surface area (Å²) in [6.07, 6.45) is 1.48. The molecule has 0 bridgehead atoms. The topological polar surface area (TPSA) is 107 Å². The summed E-state index contributed by atoms with van der Waals surface area (Å²) in [5.41, 5.74) is 0.660. The van der Waals surface area contributed by atoms with E-state index < -0.39 is 0 Å². The Kier molecular flexibility index (Phi) is 4.41. The average molecular weight is 328 g/mol. The van der Waals surface area contributed by atoms with Gasteiger partial charge in [0.1, 0.15) is 17.3 Å². The Morgan fingerprint density at radius 3 is 2.62 bits per heavy atom. The molecule has 2 N–H and O–H groups in total. The number of ether oxygens (including phenoxy) is 2. The lowest BCUT2D eigenvalue weighted by atomic mass is 10.2. The van der Waals surface area contributed by atoms with E-state index >= 15 is 0 Å². The molecular weight excluding hydrogens is 312 g/mol. The molecule has 0 spiro atoms. The molecule has 0 amide bonds. The third-order valence-electron chi connectivity index (χ3n) is 3.10. The monoisotopic (exact) mass is 328 g/mol. The third-order valence-corrected chi connectivity index (χ3v) is 3.10. The van der Waals surface area contributed by atoms with E-state index in [4.69, 9.17) is 14.0 Å². The standard InChI is InChI=1S/C15H16N6O3/c1-9-6-13(21-24-9)18-14-8-16-20-15(19-14)17-11-7-10(22-2)4-5-12(11)23-3/h4-8H,1-3H3,(H2,17,18,19,20,21). The Morgan fingerprint density at radius 1 is 1.04 bits per heavy atom. The highest BCUT2D eigenvalue weighted by Crippen LogP contribution is 2.30. The van der Waals surface area contributed by atoms with Crippen LogP contribution in [0.1, 0.15) is 5.76 Å². The molecule has 0 saturated carbocycles. The Labute approximate surface area is 138 Å². The second kappa shape index (κ2) is 6.82. The highest BCUT2D eigenvalue weighted by Gasteiger charge is 2.09. The number of nitrogens with zero attached hydrogens (tertiary/aromatic N) is 4. The van der Waals surface area contributed by atoms with Gasteiger partial charge in [-0.25, -0.2) is 0 Å². The molecule has 0 aliphatic rings. The summed E-state index contributed by atoms with van der Waals surface area (Å²) in [5.74, 6) is 3.31. The first-order chi connectivity index (χ1) is 11.7. The predicted octanol–water partition coefficient (Wildman–Crippen LogP) is 2.67. The van der Waals surface area contributed by atoms with Crippen molar-refractivity contribution in [3.63, 3.8) is 0 Å². The molecule has 24 heavy (non-hydrogen) atoms. The number of rotatable bonds is 6. The molecule has 0 fully saturated rings. The van der Waals surface area contributed by atoms with Gasteiger partial charge in [0.15, 0.2) is 11.6 Å². The number of benzene rings is 1. The van der Waals surface area contributed by atoms with Crippen LogP contribution >= 0.6 is 0 Å². The third kappa shape index (κ3) is 3.51. The van der Waals surface area contributed by atoms with E-state index in [1.807, 2.05) is 0 Å². The fraction of sp³-hybridized carbons (Fsp3) is 0.200. The smallest absolute Gasteiger partial charge is 0.249 e. The van der Waals surface area contributed by atoms with Crippen LogP contribution in [-0.2, 0) is 0 Å². The van der Waals surface area contributed by atoms with Crippen molar-refractivity contribution >= 4 is 23.3 Å². The minimum absolute atomic E-state index is 0.298. The minimum Gasteiger partial charge on any atom is -0.497 e. The van der Waals surface area contributed by atoms with E-state index in [0.717, 1.165) is 0 Å². The number of hydrogen-bond acceptors (Lipinski definition) is 9. The number of aromatic nitrogens is 4. The van der Waals surface area contributed by atoms with Crippen LogP contribution in [0, 0.1) is 6.92 Å². The van der Waals surface area contributed by atoms with Crippen molar-refractivity contribution in [2.24, 2.45) is 0 Å². The van der Waals surface area contributed by atoms with Crippen molar-refractivity contribution < 1.29 is 14.0 Å². The minimum atomic E-state index is 0.298. The van der Waals surface area contributed by atoms with E-state index in [0.29, 0.717) is 40.5 Å². The van der Waals surface area contributed by atoms with Gasteiger partial charge in [0, 0.05) is 12.1 Å². The van der Waals surface area contributed by atoms with Crippen LogP contribution in [0.15, 0.2) is 35.0 Å². The summed E-state index contributed by atoms with van der Waals surface area (Å²) in [7, 11) is 3.17. The fourth-order valence-corrected chi connectivity index (χ4v) is 2.01. The zero-order valence-corrected chi connectivity index (χ0v) is 13.4. The van der Waals surface area contributed by atoms with Crippen molar-refractivity contribution in [3.05, 3.63) is 36.2 Å². The largest absolute Gasteiger partial charge is 0.497 e. The highest BCUT2D eigenvalue weighted by atomic mass is 16.5. The van der Waals surface area contributed by atoms with Gasteiger partial charge in [-0.2, -0.15) is 10.1 Å². The molecule has 3 aromatic rings. The van der Waals surface area contributed by atoms with Crippen LogP contribution in [0.5, 0.6) is 11.5 Å². The highest BCUT2D eigenvalue weighted by molar-refractivity contribution is 5.65. The van der Waals surface area contributed by atoms with E-state index in [1.165, 1.54) is 6.20 Å². The van der Waals surface area contributed by atoms with E-state index in [9.17, 15) is 0 Å². The van der Waals surface area contributed by atoms with Gasteiger partial charge in [-0.1, -0.05) is 5.16 Å². The molecular formula is C15H16N6O3. The maximum absolute atomic E-state index is 5.31. The molecule has 0 radical (unpaired) electrons. The molecule has 0 aliphatic heterocycles. The first-order valence-electron chi connectivity index (χ1n) is 7.07.